The van der Waals surface area contributed by atoms with Crippen LogP contribution >= 0.6 is 0 Å². The van der Waals surface area contributed by atoms with Crippen molar-refractivity contribution in [2.24, 2.45) is 22.7 Å². The Balaban J connectivity index is 1.21. The molecule has 7 rings (SSSR count). The van der Waals surface area contributed by atoms with Gasteiger partial charge in [-0.05, 0) is 118 Å². The Morgan fingerprint density at radius 1 is 1.00 bits per heavy atom. The van der Waals surface area contributed by atoms with Gasteiger partial charge in [-0.1, -0.05) is 6.07 Å². The first-order valence-corrected chi connectivity index (χ1v) is 13.3. The van der Waals surface area contributed by atoms with Crippen LogP contribution in [0.3, 0.4) is 0 Å². The Labute approximate surface area is 220 Å². The number of aryl methyl sites for hydroxylation is 2. The third-order valence-electron chi connectivity index (χ3n) is 8.76. The summed E-state index contributed by atoms with van der Waals surface area (Å²) < 4.78 is 1.05. The summed E-state index contributed by atoms with van der Waals surface area (Å²) in [5.41, 5.74) is 1.86. The quantitative estimate of drug-likeness (QED) is 0.442. The van der Waals surface area contributed by atoms with Gasteiger partial charge in [-0.3, -0.25) is 19.6 Å². The van der Waals surface area contributed by atoms with Crippen molar-refractivity contribution >= 4 is 17.8 Å². The molecular formula is C30H32N4O4. The molecular weight excluding hydrogens is 480 g/mol. The lowest BCUT2D eigenvalue weighted by Crippen LogP contribution is -2.59. The van der Waals surface area contributed by atoms with Gasteiger partial charge in [0, 0.05) is 17.3 Å². The number of aromatic hydroxyl groups is 1. The van der Waals surface area contributed by atoms with Gasteiger partial charge in [0.15, 0.2) is 0 Å². The Morgan fingerprint density at radius 3 is 2.24 bits per heavy atom. The molecule has 4 bridgehead atoms. The second-order valence-corrected chi connectivity index (χ2v) is 11.6. The Kier molecular flexibility index (Phi) is 5.85. The third-order valence-corrected chi connectivity index (χ3v) is 8.76. The molecule has 0 radical (unpaired) electrons. The minimum atomic E-state index is -0.734. The Bertz CT molecular complexity index is 1530. The molecule has 1 heterocycles. The highest BCUT2D eigenvalue weighted by molar-refractivity contribution is 5.95. The third kappa shape index (κ3) is 4.38. The minimum Gasteiger partial charge on any atom is -0.493 e. The average molecular weight is 513 g/mol. The molecule has 0 aliphatic heterocycles. The fraction of sp³-hybridized carbons (Fsp3) is 0.400. The maximum absolute atomic E-state index is 13.1. The van der Waals surface area contributed by atoms with Gasteiger partial charge in [0.2, 0.25) is 5.88 Å². The maximum Gasteiger partial charge on any atom is 0.335 e. The van der Waals surface area contributed by atoms with E-state index in [0.29, 0.717) is 16.9 Å². The van der Waals surface area contributed by atoms with E-state index in [1.165, 1.54) is 25.5 Å². The first-order chi connectivity index (χ1) is 18.2. The van der Waals surface area contributed by atoms with E-state index in [4.69, 9.17) is 0 Å². The van der Waals surface area contributed by atoms with Gasteiger partial charge in [-0.2, -0.15) is 0 Å². The summed E-state index contributed by atoms with van der Waals surface area (Å²) >= 11 is 0. The van der Waals surface area contributed by atoms with Crippen molar-refractivity contribution in [3.8, 4) is 11.6 Å². The molecule has 2 aromatic carbocycles. The number of hydrogen-bond donors (Lipinski definition) is 3. The number of benzene rings is 2. The lowest BCUT2D eigenvalue weighted by molar-refractivity contribution is -0.0167. The van der Waals surface area contributed by atoms with Crippen molar-refractivity contribution in [3.05, 3.63) is 85.6 Å². The molecule has 8 nitrogen and oxygen atoms in total. The number of amides is 1. The SMILES string of the molecule is Cc1ccc(-n2c(O)c(C=Nc3ccc(C(=O)NC45CC6CC(CC(C6)C4)C5)cc3)c(=O)[nH]c2=O)cc1C. The van der Waals surface area contributed by atoms with Crippen molar-refractivity contribution in [2.45, 2.75) is 57.9 Å². The van der Waals surface area contributed by atoms with Crippen LogP contribution in [-0.4, -0.2) is 32.3 Å². The van der Waals surface area contributed by atoms with E-state index < -0.39 is 17.1 Å². The van der Waals surface area contributed by atoms with Gasteiger partial charge < -0.3 is 10.4 Å². The molecule has 3 N–H and O–H groups in total. The van der Waals surface area contributed by atoms with Crippen LogP contribution in [0.5, 0.6) is 5.88 Å². The molecule has 8 heteroatoms. The largest absolute Gasteiger partial charge is 0.493 e. The molecule has 4 fully saturated rings. The highest BCUT2D eigenvalue weighted by atomic mass is 16.3. The monoisotopic (exact) mass is 512 g/mol. The predicted octanol–water partition coefficient (Wildman–Crippen LogP) is 4.30. The van der Waals surface area contributed by atoms with Gasteiger partial charge in [0.25, 0.3) is 11.5 Å². The zero-order chi connectivity index (χ0) is 26.6. The van der Waals surface area contributed by atoms with E-state index in [0.717, 1.165) is 52.7 Å². The van der Waals surface area contributed by atoms with Crippen molar-refractivity contribution < 1.29 is 9.90 Å². The summed E-state index contributed by atoms with van der Waals surface area (Å²) in [7, 11) is 0. The lowest BCUT2D eigenvalue weighted by atomic mass is 9.53. The Morgan fingerprint density at radius 2 is 1.63 bits per heavy atom. The fourth-order valence-electron chi connectivity index (χ4n) is 7.17. The number of aromatic amines is 1. The summed E-state index contributed by atoms with van der Waals surface area (Å²) in [6.45, 7) is 3.85. The van der Waals surface area contributed by atoms with Crippen LogP contribution in [0, 0.1) is 31.6 Å². The first kappa shape index (κ1) is 24.4. The second kappa shape index (κ2) is 9.11. The number of nitrogens with one attached hydrogen (secondary N) is 2. The van der Waals surface area contributed by atoms with Crippen molar-refractivity contribution in [1.29, 1.82) is 0 Å². The standard InChI is InChI=1S/C30H32N4O4/c1-17-3-8-24(9-18(17)2)34-28(37)25(27(36)32-29(34)38)16-31-23-6-4-22(5-7-23)26(35)33-30-13-19-10-20(14-30)12-21(11-19)15-30/h3-9,16,19-21,37H,10-15H2,1-2H3,(H,33,35)(H,32,36,38). The zero-order valence-electron chi connectivity index (χ0n) is 21.7. The molecule has 4 saturated carbocycles. The van der Waals surface area contributed by atoms with E-state index in [1.807, 2.05) is 19.9 Å². The van der Waals surface area contributed by atoms with Crippen LogP contribution in [0.1, 0.15) is 65.6 Å². The molecule has 1 amide bonds. The van der Waals surface area contributed by atoms with Crippen LogP contribution in [0.2, 0.25) is 0 Å². The van der Waals surface area contributed by atoms with Gasteiger partial charge >= 0.3 is 5.69 Å². The normalized spacial score (nSPS) is 25.7. The molecule has 38 heavy (non-hydrogen) atoms. The van der Waals surface area contributed by atoms with E-state index in [1.54, 1.807) is 36.4 Å². The number of H-pyrrole nitrogens is 1. The summed E-state index contributed by atoms with van der Waals surface area (Å²) in [6, 6.07) is 12.2. The van der Waals surface area contributed by atoms with Gasteiger partial charge in [-0.25, -0.2) is 9.36 Å². The smallest absolute Gasteiger partial charge is 0.335 e. The van der Waals surface area contributed by atoms with Crippen LogP contribution < -0.4 is 16.6 Å². The van der Waals surface area contributed by atoms with Crippen LogP contribution in [0.15, 0.2) is 57.0 Å². The molecule has 0 saturated heterocycles. The molecule has 1 aromatic heterocycles. The van der Waals surface area contributed by atoms with E-state index in [9.17, 15) is 19.5 Å². The number of hydrogen-bond acceptors (Lipinski definition) is 5. The van der Waals surface area contributed by atoms with E-state index >= 15 is 0 Å². The lowest BCUT2D eigenvalue weighted by Gasteiger charge is -2.56. The molecule has 4 aliphatic rings. The number of aromatic nitrogens is 2. The van der Waals surface area contributed by atoms with Crippen molar-refractivity contribution in [2.75, 3.05) is 0 Å². The first-order valence-electron chi connectivity index (χ1n) is 13.3. The molecule has 0 unspecified atom stereocenters. The molecule has 0 spiro atoms. The number of carbonyl (C=O) groups is 1. The second-order valence-electron chi connectivity index (χ2n) is 11.6. The van der Waals surface area contributed by atoms with Crippen LogP contribution in [0.4, 0.5) is 5.69 Å². The highest BCUT2D eigenvalue weighted by Gasteiger charge is 2.51. The number of rotatable bonds is 5. The van der Waals surface area contributed by atoms with Crippen LogP contribution in [-0.2, 0) is 0 Å². The average Bonchev–Trinajstić information content (AvgIpc) is 2.85. The van der Waals surface area contributed by atoms with E-state index in [2.05, 4.69) is 15.3 Å². The summed E-state index contributed by atoms with van der Waals surface area (Å²) in [4.78, 5) is 44.6. The van der Waals surface area contributed by atoms with Crippen molar-refractivity contribution in [3.63, 3.8) is 0 Å². The van der Waals surface area contributed by atoms with Crippen LogP contribution in [0.25, 0.3) is 5.69 Å². The molecule has 196 valence electrons. The van der Waals surface area contributed by atoms with Gasteiger partial charge in [0.05, 0.1) is 11.4 Å². The summed E-state index contributed by atoms with van der Waals surface area (Å²) in [5, 5.41) is 14.2. The van der Waals surface area contributed by atoms with E-state index in [-0.39, 0.29) is 17.0 Å². The topological polar surface area (TPSA) is 117 Å². The molecule has 3 aromatic rings. The number of nitrogens with zero attached hydrogens (tertiary/aromatic N) is 2. The van der Waals surface area contributed by atoms with Gasteiger partial charge in [0.1, 0.15) is 5.56 Å². The maximum atomic E-state index is 13.1. The van der Waals surface area contributed by atoms with Crippen molar-refractivity contribution in [1.82, 2.24) is 14.9 Å². The fourth-order valence-corrected chi connectivity index (χ4v) is 7.17. The number of carbonyl (C=O) groups excluding carboxylic acids is 1. The highest BCUT2D eigenvalue weighted by Crippen LogP contribution is 2.55. The van der Waals surface area contributed by atoms with Gasteiger partial charge in [-0.15, -0.1) is 0 Å². The zero-order valence-corrected chi connectivity index (χ0v) is 21.7. The predicted molar refractivity (Wildman–Crippen MR) is 146 cm³/mol. The number of aliphatic imine (C=N–C) groups is 1. The minimum absolute atomic E-state index is 0.0553. The molecule has 0 atom stereocenters. The Hall–Kier alpha value is -3.94. The summed E-state index contributed by atoms with van der Waals surface area (Å²) in [5.74, 6) is 1.71. The molecule has 4 aliphatic carbocycles. The summed E-state index contributed by atoms with van der Waals surface area (Å²) in [6.07, 6.45) is 8.48.